The number of fused-ring (bicyclic) bond motifs is 1. The summed E-state index contributed by atoms with van der Waals surface area (Å²) >= 11 is 0. The lowest BCUT2D eigenvalue weighted by molar-refractivity contribution is -0.127. The highest BCUT2D eigenvalue weighted by Gasteiger charge is 2.28. The van der Waals surface area contributed by atoms with Crippen LogP contribution in [0, 0.1) is 0 Å². The molecule has 1 atom stereocenters. The Kier molecular flexibility index (Phi) is 4.58. The van der Waals surface area contributed by atoms with Crippen molar-refractivity contribution in [1.82, 2.24) is 15.6 Å². The Labute approximate surface area is 169 Å². The normalized spacial score (nSPS) is 18.8. The third-order valence-corrected chi connectivity index (χ3v) is 6.04. The quantitative estimate of drug-likeness (QED) is 0.604. The molecule has 5 rings (SSSR count). The first kappa shape index (κ1) is 18.0. The third-order valence-electron chi connectivity index (χ3n) is 6.04. The minimum atomic E-state index is -0.388. The van der Waals surface area contributed by atoms with Crippen LogP contribution in [0.4, 0.5) is 0 Å². The predicted molar refractivity (Wildman–Crippen MR) is 114 cm³/mol. The van der Waals surface area contributed by atoms with E-state index >= 15 is 0 Å². The molecule has 2 heterocycles. The maximum atomic E-state index is 12.5. The summed E-state index contributed by atoms with van der Waals surface area (Å²) in [6.45, 7) is 0.633. The van der Waals surface area contributed by atoms with Crippen LogP contribution in [0.2, 0.25) is 0 Å². The zero-order chi connectivity index (χ0) is 19.8. The molecule has 1 saturated heterocycles. The van der Waals surface area contributed by atoms with Crippen molar-refractivity contribution >= 4 is 22.7 Å². The standard InChI is InChI=1S/C24H25N3O2/c28-21(26-20-13-14-25-24(20)29)12-11-19-18-8-4-7-17(15-9-10-15)23(18)27-22(19)16-5-2-1-3-6-16/h1-8,15,20,27H,9-14H2,(H,25,29)(H,26,28). The Hall–Kier alpha value is -3.08. The number of aromatic nitrogens is 1. The van der Waals surface area contributed by atoms with Gasteiger partial charge in [-0.05, 0) is 48.3 Å². The number of carbonyl (C=O) groups excluding carboxylic acids is 2. The van der Waals surface area contributed by atoms with E-state index in [1.54, 1.807) is 0 Å². The number of hydrogen-bond donors (Lipinski definition) is 3. The van der Waals surface area contributed by atoms with Crippen molar-refractivity contribution in [2.45, 2.75) is 44.1 Å². The highest BCUT2D eigenvalue weighted by atomic mass is 16.2. The summed E-state index contributed by atoms with van der Waals surface area (Å²) in [5.74, 6) is 0.501. The number of nitrogens with one attached hydrogen (secondary N) is 3. The van der Waals surface area contributed by atoms with Gasteiger partial charge in [0.05, 0.1) is 0 Å². The molecule has 0 radical (unpaired) electrons. The lowest BCUT2D eigenvalue weighted by Crippen LogP contribution is -2.40. The number of rotatable bonds is 6. The van der Waals surface area contributed by atoms with Crippen LogP contribution in [0.3, 0.4) is 0 Å². The summed E-state index contributed by atoms with van der Waals surface area (Å²) in [6.07, 6.45) is 4.17. The number of para-hydroxylation sites is 1. The van der Waals surface area contributed by atoms with Gasteiger partial charge in [-0.25, -0.2) is 0 Å². The average Bonchev–Trinajstić information content (AvgIpc) is 3.41. The van der Waals surface area contributed by atoms with Gasteiger partial charge in [0.25, 0.3) is 0 Å². The van der Waals surface area contributed by atoms with Gasteiger partial charge in [-0.15, -0.1) is 0 Å². The highest BCUT2D eigenvalue weighted by molar-refractivity contribution is 5.94. The number of H-pyrrole nitrogens is 1. The second-order valence-electron chi connectivity index (χ2n) is 8.09. The van der Waals surface area contributed by atoms with Crippen molar-refractivity contribution in [2.75, 3.05) is 6.54 Å². The molecule has 29 heavy (non-hydrogen) atoms. The van der Waals surface area contributed by atoms with Crippen LogP contribution in [0.15, 0.2) is 48.5 Å². The van der Waals surface area contributed by atoms with E-state index in [9.17, 15) is 9.59 Å². The van der Waals surface area contributed by atoms with Crippen molar-refractivity contribution < 1.29 is 9.59 Å². The Morgan fingerprint density at radius 3 is 2.59 bits per heavy atom. The third kappa shape index (κ3) is 3.53. The smallest absolute Gasteiger partial charge is 0.242 e. The molecule has 0 bridgehead atoms. The first-order chi connectivity index (χ1) is 14.2. The van der Waals surface area contributed by atoms with E-state index in [0.717, 1.165) is 11.3 Å². The second kappa shape index (κ2) is 7.39. The van der Waals surface area contributed by atoms with Crippen LogP contribution in [0.1, 0.15) is 42.7 Å². The molecule has 5 heteroatoms. The molecule has 1 aliphatic carbocycles. The van der Waals surface area contributed by atoms with Gasteiger partial charge in [-0.1, -0.05) is 48.5 Å². The van der Waals surface area contributed by atoms with Crippen LogP contribution in [0.25, 0.3) is 22.2 Å². The molecule has 1 saturated carbocycles. The monoisotopic (exact) mass is 387 g/mol. The Bertz CT molecular complexity index is 1070. The molecule has 3 N–H and O–H groups in total. The minimum absolute atomic E-state index is 0.0706. The Balaban J connectivity index is 1.45. The molecule has 2 fully saturated rings. The predicted octanol–water partition coefficient (Wildman–Crippen LogP) is 3.65. The maximum absolute atomic E-state index is 12.5. The molecule has 148 valence electrons. The summed E-state index contributed by atoms with van der Waals surface area (Å²) in [7, 11) is 0. The fraction of sp³-hybridized carbons (Fsp3) is 0.333. The molecule has 0 spiro atoms. The van der Waals surface area contributed by atoms with Crippen LogP contribution in [-0.2, 0) is 16.0 Å². The first-order valence-corrected chi connectivity index (χ1v) is 10.5. The number of carbonyl (C=O) groups is 2. The van der Waals surface area contributed by atoms with E-state index in [2.05, 4.69) is 45.9 Å². The van der Waals surface area contributed by atoms with Crippen LogP contribution in [-0.4, -0.2) is 29.4 Å². The maximum Gasteiger partial charge on any atom is 0.242 e. The minimum Gasteiger partial charge on any atom is -0.354 e. The van der Waals surface area contributed by atoms with E-state index in [1.807, 2.05) is 18.2 Å². The van der Waals surface area contributed by atoms with E-state index in [4.69, 9.17) is 0 Å². The summed E-state index contributed by atoms with van der Waals surface area (Å²) in [4.78, 5) is 27.9. The summed E-state index contributed by atoms with van der Waals surface area (Å²) in [5.41, 5.74) is 6.01. The molecular weight excluding hydrogens is 362 g/mol. The van der Waals surface area contributed by atoms with Gasteiger partial charge >= 0.3 is 0 Å². The number of hydrogen-bond acceptors (Lipinski definition) is 2. The van der Waals surface area contributed by atoms with Gasteiger partial charge < -0.3 is 15.6 Å². The lowest BCUT2D eigenvalue weighted by Gasteiger charge is -2.10. The van der Waals surface area contributed by atoms with Gasteiger partial charge in [0.2, 0.25) is 11.8 Å². The van der Waals surface area contributed by atoms with Gasteiger partial charge in [-0.3, -0.25) is 9.59 Å². The van der Waals surface area contributed by atoms with E-state index in [1.165, 1.54) is 34.9 Å². The molecule has 1 unspecified atom stereocenters. The number of aryl methyl sites for hydroxylation is 1. The number of benzene rings is 2. The summed E-state index contributed by atoms with van der Waals surface area (Å²) in [5, 5.41) is 6.85. The topological polar surface area (TPSA) is 74.0 Å². The average molecular weight is 387 g/mol. The first-order valence-electron chi connectivity index (χ1n) is 10.5. The largest absolute Gasteiger partial charge is 0.354 e. The Morgan fingerprint density at radius 2 is 1.86 bits per heavy atom. The molecule has 1 aromatic heterocycles. The molecule has 2 amide bonds. The molecule has 1 aliphatic heterocycles. The summed E-state index contributed by atoms with van der Waals surface area (Å²) < 4.78 is 0. The molecule has 2 aromatic carbocycles. The van der Waals surface area contributed by atoms with Crippen molar-refractivity contribution in [3.63, 3.8) is 0 Å². The van der Waals surface area contributed by atoms with E-state index in [0.29, 0.717) is 31.7 Å². The van der Waals surface area contributed by atoms with Gasteiger partial charge in [0.15, 0.2) is 0 Å². The van der Waals surface area contributed by atoms with Crippen LogP contribution in [0.5, 0.6) is 0 Å². The van der Waals surface area contributed by atoms with Crippen LogP contribution < -0.4 is 10.6 Å². The fourth-order valence-corrected chi connectivity index (χ4v) is 4.38. The van der Waals surface area contributed by atoms with E-state index < -0.39 is 0 Å². The number of amides is 2. The van der Waals surface area contributed by atoms with E-state index in [-0.39, 0.29) is 17.9 Å². The molecule has 2 aliphatic rings. The van der Waals surface area contributed by atoms with Crippen molar-refractivity contribution in [3.05, 3.63) is 59.7 Å². The van der Waals surface area contributed by atoms with Gasteiger partial charge in [0, 0.05) is 29.6 Å². The molecule has 5 nitrogen and oxygen atoms in total. The second-order valence-corrected chi connectivity index (χ2v) is 8.09. The van der Waals surface area contributed by atoms with Crippen LogP contribution >= 0.6 is 0 Å². The van der Waals surface area contributed by atoms with Gasteiger partial charge in [-0.2, -0.15) is 0 Å². The van der Waals surface area contributed by atoms with Crippen molar-refractivity contribution in [1.29, 1.82) is 0 Å². The molecule has 3 aromatic rings. The SMILES string of the molecule is O=C(CCc1c(-c2ccccc2)[nH]c2c(C3CC3)cccc12)NC1CCNC1=O. The highest BCUT2D eigenvalue weighted by Crippen LogP contribution is 2.44. The lowest BCUT2D eigenvalue weighted by atomic mass is 9.99. The van der Waals surface area contributed by atoms with Crippen molar-refractivity contribution in [3.8, 4) is 11.3 Å². The molecular formula is C24H25N3O2. The number of aromatic amines is 1. The zero-order valence-corrected chi connectivity index (χ0v) is 16.3. The summed E-state index contributed by atoms with van der Waals surface area (Å²) in [6, 6.07) is 16.4. The van der Waals surface area contributed by atoms with Gasteiger partial charge in [0.1, 0.15) is 6.04 Å². The zero-order valence-electron chi connectivity index (χ0n) is 16.3. The fourth-order valence-electron chi connectivity index (χ4n) is 4.38. The Morgan fingerprint density at radius 1 is 1.03 bits per heavy atom. The van der Waals surface area contributed by atoms with Crippen molar-refractivity contribution in [2.24, 2.45) is 0 Å².